The number of hydroxylamine groups is 2. The van der Waals surface area contributed by atoms with Gasteiger partial charge in [0.05, 0.1) is 0 Å². The molecule has 0 aromatic heterocycles. The van der Waals surface area contributed by atoms with Crippen LogP contribution in [0.5, 0.6) is 0 Å². The third-order valence-electron chi connectivity index (χ3n) is 9.48. The predicted molar refractivity (Wildman–Crippen MR) is 183 cm³/mol. The van der Waals surface area contributed by atoms with Gasteiger partial charge in [-0.2, -0.15) is 0 Å². The van der Waals surface area contributed by atoms with E-state index < -0.39 is 17.8 Å². The number of unbranched alkanes of at least 4 members (excludes halogenated alkanes) is 2. The summed E-state index contributed by atoms with van der Waals surface area (Å²) in [7, 11) is 0. The number of amides is 2. The van der Waals surface area contributed by atoms with Crippen molar-refractivity contribution in [2.24, 2.45) is 0 Å². The van der Waals surface area contributed by atoms with E-state index in [0.717, 1.165) is 25.8 Å². The van der Waals surface area contributed by atoms with E-state index in [1.165, 1.54) is 55.9 Å². The molecule has 0 saturated carbocycles. The van der Waals surface area contributed by atoms with E-state index in [1.54, 1.807) is 0 Å². The number of anilines is 2. The molecular formula is C40H42N2O4. The molecule has 3 aliphatic rings. The van der Waals surface area contributed by atoms with Gasteiger partial charge in [-0.3, -0.25) is 9.59 Å². The van der Waals surface area contributed by atoms with Gasteiger partial charge in [0.25, 0.3) is 11.8 Å². The van der Waals surface area contributed by atoms with E-state index in [4.69, 9.17) is 4.84 Å². The van der Waals surface area contributed by atoms with Crippen LogP contribution in [0.25, 0.3) is 11.1 Å². The summed E-state index contributed by atoms with van der Waals surface area (Å²) in [5.41, 5.74) is 12.8. The lowest BCUT2D eigenvalue weighted by Crippen LogP contribution is -2.31. The SMILES string of the molecule is CCC1=C(/C=C/C=C2c3ccccc3N(CCCCCC(=O)ON3C(=O)CCC3=O)c3ccccc32)C(C)(C)c2cc(C)ccc21. The van der Waals surface area contributed by atoms with Crippen LogP contribution in [0.3, 0.4) is 0 Å². The van der Waals surface area contributed by atoms with Crippen LogP contribution in [-0.2, 0) is 24.6 Å². The van der Waals surface area contributed by atoms with Crippen LogP contribution in [0.2, 0.25) is 0 Å². The first-order valence-corrected chi connectivity index (χ1v) is 16.5. The van der Waals surface area contributed by atoms with Crippen molar-refractivity contribution in [3.05, 3.63) is 118 Å². The minimum Gasteiger partial charge on any atom is -0.340 e. The summed E-state index contributed by atoms with van der Waals surface area (Å²) >= 11 is 0. The van der Waals surface area contributed by atoms with Crippen molar-refractivity contribution in [1.82, 2.24) is 5.06 Å². The molecule has 3 aromatic rings. The molecule has 236 valence electrons. The first-order chi connectivity index (χ1) is 22.2. The average molecular weight is 615 g/mol. The summed E-state index contributed by atoms with van der Waals surface area (Å²) in [5, 5.41) is 0.623. The molecule has 3 aromatic carbocycles. The second-order valence-electron chi connectivity index (χ2n) is 12.9. The molecule has 1 saturated heterocycles. The molecule has 2 heterocycles. The summed E-state index contributed by atoms with van der Waals surface area (Å²) in [6, 6.07) is 24.0. The molecule has 1 aliphatic carbocycles. The van der Waals surface area contributed by atoms with E-state index in [0.29, 0.717) is 11.5 Å². The van der Waals surface area contributed by atoms with Gasteiger partial charge in [0.1, 0.15) is 0 Å². The Labute approximate surface area is 272 Å². The van der Waals surface area contributed by atoms with E-state index in [9.17, 15) is 14.4 Å². The monoisotopic (exact) mass is 614 g/mol. The van der Waals surface area contributed by atoms with Crippen LogP contribution >= 0.6 is 0 Å². The Morgan fingerprint density at radius 2 is 1.52 bits per heavy atom. The molecule has 6 rings (SSSR count). The molecule has 0 atom stereocenters. The normalized spacial score (nSPS) is 16.7. The van der Waals surface area contributed by atoms with Crippen molar-refractivity contribution in [1.29, 1.82) is 0 Å². The van der Waals surface area contributed by atoms with Crippen molar-refractivity contribution in [3.8, 4) is 0 Å². The maximum absolute atomic E-state index is 12.2. The molecule has 0 spiro atoms. The Kier molecular flexibility index (Phi) is 8.81. The summed E-state index contributed by atoms with van der Waals surface area (Å²) in [6.07, 6.45) is 10.5. The highest BCUT2D eigenvalue weighted by atomic mass is 16.7. The molecular weight excluding hydrogens is 572 g/mol. The minimum atomic E-state index is -0.540. The minimum absolute atomic E-state index is 0.0549. The van der Waals surface area contributed by atoms with Crippen LogP contribution in [0.4, 0.5) is 11.4 Å². The van der Waals surface area contributed by atoms with Gasteiger partial charge >= 0.3 is 5.97 Å². The lowest BCUT2D eigenvalue weighted by molar-refractivity contribution is -0.197. The van der Waals surface area contributed by atoms with Crippen molar-refractivity contribution in [2.45, 2.75) is 78.1 Å². The summed E-state index contributed by atoms with van der Waals surface area (Å²) < 4.78 is 0. The maximum Gasteiger partial charge on any atom is 0.333 e. The zero-order valence-corrected chi connectivity index (χ0v) is 27.3. The molecule has 0 unspecified atom stereocenters. The van der Waals surface area contributed by atoms with Crippen LogP contribution in [-0.4, -0.2) is 29.4 Å². The molecule has 0 bridgehead atoms. The lowest BCUT2D eigenvalue weighted by atomic mass is 9.80. The van der Waals surface area contributed by atoms with Gasteiger partial charge < -0.3 is 9.74 Å². The van der Waals surface area contributed by atoms with Gasteiger partial charge in [0.2, 0.25) is 0 Å². The number of aryl methyl sites for hydroxylation is 1. The number of carbonyl (C=O) groups is 3. The highest BCUT2D eigenvalue weighted by molar-refractivity contribution is 6.01. The smallest absolute Gasteiger partial charge is 0.333 e. The molecule has 6 heteroatoms. The van der Waals surface area contributed by atoms with Crippen molar-refractivity contribution in [2.75, 3.05) is 11.4 Å². The number of hydrogen-bond donors (Lipinski definition) is 0. The molecule has 6 nitrogen and oxygen atoms in total. The highest BCUT2D eigenvalue weighted by Crippen LogP contribution is 2.49. The molecule has 2 aliphatic heterocycles. The van der Waals surface area contributed by atoms with Crippen LogP contribution in [0, 0.1) is 6.92 Å². The van der Waals surface area contributed by atoms with Crippen LogP contribution in [0.15, 0.2) is 90.5 Å². The predicted octanol–water partition coefficient (Wildman–Crippen LogP) is 8.76. The third kappa shape index (κ3) is 5.84. The van der Waals surface area contributed by atoms with Crippen molar-refractivity contribution < 1.29 is 19.2 Å². The molecule has 0 N–H and O–H groups in total. The highest BCUT2D eigenvalue weighted by Gasteiger charge is 2.36. The number of carbonyl (C=O) groups excluding carboxylic acids is 3. The Bertz CT molecular complexity index is 1730. The Morgan fingerprint density at radius 3 is 2.17 bits per heavy atom. The third-order valence-corrected chi connectivity index (χ3v) is 9.48. The Hall–Kier alpha value is -4.71. The molecule has 46 heavy (non-hydrogen) atoms. The number of rotatable bonds is 10. The van der Waals surface area contributed by atoms with E-state index >= 15 is 0 Å². The number of hydrogen-bond acceptors (Lipinski definition) is 5. The lowest BCUT2D eigenvalue weighted by Gasteiger charge is -2.34. The second-order valence-corrected chi connectivity index (χ2v) is 12.9. The number of benzene rings is 3. The van der Waals surface area contributed by atoms with Crippen molar-refractivity contribution in [3.63, 3.8) is 0 Å². The van der Waals surface area contributed by atoms with Gasteiger partial charge in [0, 0.05) is 53.7 Å². The number of allylic oxidation sites excluding steroid dienone is 5. The Morgan fingerprint density at radius 1 is 0.870 bits per heavy atom. The van der Waals surface area contributed by atoms with Gasteiger partial charge in [0.15, 0.2) is 0 Å². The standard InChI is InChI=1S/C40H42N2O4/c1-5-28-30-22-21-27(2)26-34(30)40(3,4)33(28)17-13-16-29-31-14-8-10-18-35(31)41(36-19-11-9-15-32(29)36)25-12-6-7-20-39(45)46-42-37(43)23-24-38(42)44/h8-11,13-19,21-22,26H,5-7,12,20,23-25H2,1-4H3/b17-13+. The molecule has 1 fully saturated rings. The average Bonchev–Trinajstić information content (AvgIpc) is 3.47. The molecule has 2 amide bonds. The van der Waals surface area contributed by atoms with E-state index in [2.05, 4.69) is 118 Å². The second kappa shape index (κ2) is 13.0. The van der Waals surface area contributed by atoms with Crippen LogP contribution in [0.1, 0.15) is 93.5 Å². The number of fused-ring (bicyclic) bond motifs is 3. The largest absolute Gasteiger partial charge is 0.340 e. The zero-order chi connectivity index (χ0) is 32.4. The first kappa shape index (κ1) is 31.3. The van der Waals surface area contributed by atoms with Crippen molar-refractivity contribution >= 4 is 40.3 Å². The first-order valence-electron chi connectivity index (χ1n) is 16.5. The fourth-order valence-corrected chi connectivity index (χ4v) is 7.13. The fourth-order valence-electron chi connectivity index (χ4n) is 7.13. The Balaban J connectivity index is 1.18. The molecule has 0 radical (unpaired) electrons. The zero-order valence-electron chi connectivity index (χ0n) is 27.3. The topological polar surface area (TPSA) is 66.9 Å². The summed E-state index contributed by atoms with van der Waals surface area (Å²) in [6.45, 7) is 9.89. The summed E-state index contributed by atoms with van der Waals surface area (Å²) in [5.74, 6) is -1.44. The maximum atomic E-state index is 12.2. The van der Waals surface area contributed by atoms with Gasteiger partial charge in [-0.1, -0.05) is 106 Å². The summed E-state index contributed by atoms with van der Waals surface area (Å²) in [4.78, 5) is 43.1. The van der Waals surface area contributed by atoms with Gasteiger partial charge in [-0.05, 0) is 66.2 Å². The van der Waals surface area contributed by atoms with Crippen LogP contribution < -0.4 is 4.90 Å². The van der Waals surface area contributed by atoms with Gasteiger partial charge in [-0.25, -0.2) is 4.79 Å². The van der Waals surface area contributed by atoms with E-state index in [1.807, 2.05) is 0 Å². The quantitative estimate of drug-likeness (QED) is 0.169. The van der Waals surface area contributed by atoms with E-state index in [-0.39, 0.29) is 24.7 Å². The fraction of sp³-hybridized carbons (Fsp3) is 0.325. The number of para-hydroxylation sites is 2. The van der Waals surface area contributed by atoms with Gasteiger partial charge in [-0.15, -0.1) is 5.06 Å². The number of imide groups is 1. The number of nitrogens with zero attached hydrogens (tertiary/aromatic N) is 2.